The fourth-order valence-corrected chi connectivity index (χ4v) is 4.61. The van der Waals surface area contributed by atoms with E-state index in [1.165, 1.54) is 6.33 Å². The topological polar surface area (TPSA) is 104 Å². The van der Waals surface area contributed by atoms with Crippen molar-refractivity contribution in [2.45, 2.75) is 44.6 Å². The number of aliphatic hydroxyl groups is 1. The number of nitrogens with two attached hydrogens (primary N) is 1. The lowest BCUT2D eigenvalue weighted by molar-refractivity contribution is -0.147. The van der Waals surface area contributed by atoms with E-state index in [4.69, 9.17) is 19.9 Å². The number of anilines is 1. The van der Waals surface area contributed by atoms with E-state index in [1.54, 1.807) is 4.52 Å². The van der Waals surface area contributed by atoms with Crippen LogP contribution in [-0.4, -0.2) is 44.6 Å². The first-order valence-electron chi connectivity index (χ1n) is 13.4. The van der Waals surface area contributed by atoms with Crippen molar-refractivity contribution in [3.8, 4) is 0 Å². The highest BCUT2D eigenvalue weighted by Gasteiger charge is 2.32. The van der Waals surface area contributed by atoms with E-state index in [-0.39, 0.29) is 6.61 Å². The minimum Gasteiger partial charge on any atom is -0.388 e. The Kier molecular flexibility index (Phi) is 9.50. The average molecular weight is 539 g/mol. The third kappa shape index (κ3) is 7.31. The number of nitrogen functional groups attached to an aromatic ring is 1. The lowest BCUT2D eigenvalue weighted by Gasteiger charge is -2.31. The van der Waals surface area contributed by atoms with E-state index < -0.39 is 18.3 Å². The minimum atomic E-state index is -0.945. The lowest BCUT2D eigenvalue weighted by Crippen LogP contribution is -2.44. The number of rotatable bonds is 14. The summed E-state index contributed by atoms with van der Waals surface area (Å²) in [7, 11) is 0. The molecule has 5 rings (SSSR count). The summed E-state index contributed by atoms with van der Waals surface area (Å²) in [6.07, 6.45) is -0.300. The Hall–Kier alpha value is -4.08. The summed E-state index contributed by atoms with van der Waals surface area (Å²) in [6.45, 7) is 1.15. The molecule has 2 aromatic heterocycles. The van der Waals surface area contributed by atoms with E-state index in [0.717, 1.165) is 22.4 Å². The highest BCUT2D eigenvalue weighted by atomic mass is 16.6. The molecule has 3 N–H and O–H groups in total. The van der Waals surface area contributed by atoms with Crippen molar-refractivity contribution in [1.82, 2.24) is 14.6 Å². The summed E-state index contributed by atoms with van der Waals surface area (Å²) in [5.41, 5.74) is 10.7. The molecule has 2 heterocycles. The minimum absolute atomic E-state index is 0.0869. The molecule has 3 atom stereocenters. The van der Waals surface area contributed by atoms with Gasteiger partial charge in [0.15, 0.2) is 5.82 Å². The molecule has 206 valence electrons. The molecule has 0 aliphatic rings. The van der Waals surface area contributed by atoms with Crippen LogP contribution in [0.4, 0.5) is 5.82 Å². The molecule has 5 aromatic rings. The predicted octanol–water partition coefficient (Wildman–Crippen LogP) is 4.60. The predicted molar refractivity (Wildman–Crippen MR) is 153 cm³/mol. The van der Waals surface area contributed by atoms with E-state index in [9.17, 15) is 5.11 Å². The fourth-order valence-electron chi connectivity index (χ4n) is 4.61. The van der Waals surface area contributed by atoms with E-state index in [2.05, 4.69) is 10.1 Å². The van der Waals surface area contributed by atoms with Crippen LogP contribution in [0.5, 0.6) is 0 Å². The first kappa shape index (κ1) is 27.5. The fraction of sp³-hybridized carbons (Fsp3) is 0.250. The third-order valence-corrected chi connectivity index (χ3v) is 6.71. The summed E-state index contributed by atoms with van der Waals surface area (Å²) in [6, 6.07) is 33.5. The van der Waals surface area contributed by atoms with Crippen LogP contribution in [0.15, 0.2) is 109 Å². The smallest absolute Gasteiger partial charge is 0.151 e. The second-order valence-corrected chi connectivity index (χ2v) is 9.64. The van der Waals surface area contributed by atoms with Crippen LogP contribution < -0.4 is 5.73 Å². The number of aliphatic hydroxyl groups excluding tert-OH is 1. The maximum Gasteiger partial charge on any atom is 0.151 e. The molecule has 0 aliphatic heterocycles. The van der Waals surface area contributed by atoms with Gasteiger partial charge in [0.2, 0.25) is 0 Å². The number of ether oxygens (including phenoxy) is 3. The van der Waals surface area contributed by atoms with Crippen molar-refractivity contribution in [2.24, 2.45) is 0 Å². The molecule has 0 aliphatic carbocycles. The zero-order chi connectivity index (χ0) is 27.6. The Balaban J connectivity index is 1.39. The molecule has 0 amide bonds. The van der Waals surface area contributed by atoms with Crippen molar-refractivity contribution < 1.29 is 19.3 Å². The van der Waals surface area contributed by atoms with Gasteiger partial charge in [0, 0.05) is 12.1 Å². The average Bonchev–Trinajstić information content (AvgIpc) is 3.41. The second-order valence-electron chi connectivity index (χ2n) is 9.64. The maximum atomic E-state index is 11.4. The number of fused-ring (bicyclic) bond motifs is 1. The number of aromatic nitrogens is 3. The number of hydrogen-bond acceptors (Lipinski definition) is 7. The van der Waals surface area contributed by atoms with Gasteiger partial charge in [-0.05, 0) is 28.8 Å². The Morgan fingerprint density at radius 2 is 1.30 bits per heavy atom. The Bertz CT molecular complexity index is 1450. The molecular weight excluding hydrogens is 504 g/mol. The molecule has 8 nitrogen and oxygen atoms in total. The SMILES string of the molecule is Nc1ncnn2c(C[C@H](OCc3ccccc3)[C@H](OCc3ccccc3)[C@H](O)COCc3ccccc3)ccc12. The molecule has 40 heavy (non-hydrogen) atoms. The first-order valence-corrected chi connectivity index (χ1v) is 13.4. The van der Waals surface area contributed by atoms with Crippen LogP contribution >= 0.6 is 0 Å². The highest BCUT2D eigenvalue weighted by molar-refractivity contribution is 5.65. The van der Waals surface area contributed by atoms with Gasteiger partial charge in [-0.15, -0.1) is 0 Å². The van der Waals surface area contributed by atoms with Crippen LogP contribution in [0.3, 0.4) is 0 Å². The zero-order valence-electron chi connectivity index (χ0n) is 22.3. The van der Waals surface area contributed by atoms with Gasteiger partial charge in [-0.25, -0.2) is 9.50 Å². The van der Waals surface area contributed by atoms with E-state index in [0.29, 0.717) is 37.6 Å². The van der Waals surface area contributed by atoms with Gasteiger partial charge in [-0.3, -0.25) is 0 Å². The van der Waals surface area contributed by atoms with Crippen molar-refractivity contribution >= 4 is 11.3 Å². The summed E-state index contributed by atoms with van der Waals surface area (Å²) in [5.74, 6) is 0.397. The quantitative estimate of drug-likeness (QED) is 0.213. The molecule has 0 unspecified atom stereocenters. The first-order chi connectivity index (χ1) is 19.7. The lowest BCUT2D eigenvalue weighted by atomic mass is 10.0. The number of benzene rings is 3. The molecule has 8 heteroatoms. The molecule has 0 bridgehead atoms. The van der Waals surface area contributed by atoms with Gasteiger partial charge >= 0.3 is 0 Å². The van der Waals surface area contributed by atoms with Gasteiger partial charge in [-0.1, -0.05) is 91.0 Å². The van der Waals surface area contributed by atoms with Crippen LogP contribution in [0.25, 0.3) is 5.52 Å². The van der Waals surface area contributed by atoms with E-state index >= 15 is 0 Å². The van der Waals surface area contributed by atoms with Gasteiger partial charge in [-0.2, -0.15) is 5.10 Å². The Morgan fingerprint density at radius 1 is 0.725 bits per heavy atom. The zero-order valence-corrected chi connectivity index (χ0v) is 22.3. The number of nitrogens with zero attached hydrogens (tertiary/aromatic N) is 3. The number of hydrogen-bond donors (Lipinski definition) is 2. The van der Waals surface area contributed by atoms with Crippen LogP contribution in [0.2, 0.25) is 0 Å². The maximum absolute atomic E-state index is 11.4. The third-order valence-electron chi connectivity index (χ3n) is 6.71. The van der Waals surface area contributed by atoms with Crippen LogP contribution in [-0.2, 0) is 40.5 Å². The Morgan fingerprint density at radius 3 is 1.93 bits per heavy atom. The van der Waals surface area contributed by atoms with Gasteiger partial charge in [0.1, 0.15) is 24.1 Å². The standard InChI is InChI=1S/C32H34N4O4/c33-32-28-17-16-27(36(28)35-23-34-32)18-30(39-20-25-12-6-2-7-13-25)31(40-21-26-14-8-3-9-15-26)29(37)22-38-19-24-10-4-1-5-11-24/h1-17,23,29-31,37H,18-22H2,(H2,33,34,35)/t29-,30+,31-/m1/s1. The van der Waals surface area contributed by atoms with Crippen LogP contribution in [0, 0.1) is 0 Å². The second kappa shape index (κ2) is 13.8. The molecule has 0 spiro atoms. The van der Waals surface area contributed by atoms with Gasteiger partial charge in [0.25, 0.3) is 0 Å². The van der Waals surface area contributed by atoms with Crippen molar-refractivity contribution in [2.75, 3.05) is 12.3 Å². The van der Waals surface area contributed by atoms with E-state index in [1.807, 2.05) is 103 Å². The van der Waals surface area contributed by atoms with Crippen molar-refractivity contribution in [3.63, 3.8) is 0 Å². The molecule has 0 saturated heterocycles. The van der Waals surface area contributed by atoms with Crippen molar-refractivity contribution in [1.29, 1.82) is 0 Å². The molecule has 0 saturated carbocycles. The van der Waals surface area contributed by atoms with Gasteiger partial charge < -0.3 is 25.1 Å². The normalized spacial score (nSPS) is 13.7. The molecule has 3 aromatic carbocycles. The summed E-state index contributed by atoms with van der Waals surface area (Å²) in [5, 5.41) is 15.8. The van der Waals surface area contributed by atoms with Crippen LogP contribution in [0.1, 0.15) is 22.4 Å². The monoisotopic (exact) mass is 538 g/mol. The largest absolute Gasteiger partial charge is 0.388 e. The highest BCUT2D eigenvalue weighted by Crippen LogP contribution is 2.22. The van der Waals surface area contributed by atoms with Crippen molar-refractivity contribution in [3.05, 3.63) is 132 Å². The summed E-state index contributed by atoms with van der Waals surface area (Å²) < 4.78 is 20.6. The summed E-state index contributed by atoms with van der Waals surface area (Å²) in [4.78, 5) is 4.09. The molecular formula is C32H34N4O4. The Labute approximate surface area is 234 Å². The summed E-state index contributed by atoms with van der Waals surface area (Å²) >= 11 is 0. The van der Waals surface area contributed by atoms with Gasteiger partial charge in [0.05, 0.1) is 32.5 Å². The molecule has 0 fully saturated rings. The molecule has 0 radical (unpaired) electrons.